The predicted molar refractivity (Wildman–Crippen MR) is 75.9 cm³/mol. The van der Waals surface area contributed by atoms with Crippen LogP contribution in [-0.4, -0.2) is 32.3 Å². The van der Waals surface area contributed by atoms with Gasteiger partial charge in [-0.2, -0.15) is 5.10 Å². The lowest BCUT2D eigenvalue weighted by Gasteiger charge is -2.06. The van der Waals surface area contributed by atoms with Crippen molar-refractivity contribution in [1.29, 1.82) is 0 Å². The van der Waals surface area contributed by atoms with E-state index in [1.54, 1.807) is 25.1 Å². The average Bonchev–Trinajstić information content (AvgIpc) is 2.52. The zero-order chi connectivity index (χ0) is 15.2. The molecule has 7 nitrogen and oxygen atoms in total. The van der Waals surface area contributed by atoms with Crippen LogP contribution in [0, 0.1) is 6.92 Å². The smallest absolute Gasteiger partial charge is 0.289 e. The van der Waals surface area contributed by atoms with E-state index in [1.165, 1.54) is 18.6 Å². The second-order valence-electron chi connectivity index (χ2n) is 4.20. The molecule has 21 heavy (non-hydrogen) atoms. The molecule has 2 aromatic rings. The predicted octanol–water partition coefficient (Wildman–Crippen LogP) is 0.747. The van der Waals surface area contributed by atoms with Crippen LogP contribution < -0.4 is 5.43 Å². The van der Waals surface area contributed by atoms with Gasteiger partial charge in [0.25, 0.3) is 5.91 Å². The summed E-state index contributed by atoms with van der Waals surface area (Å²) in [6, 6.07) is 4.94. The van der Waals surface area contributed by atoms with E-state index in [4.69, 9.17) is 0 Å². The standard InChI is InChI=1S/C14H14N4O3/c1-9-13(20)11(10(8-19)6-16-9)7-17-18-14(21)12-4-2-3-5-15-12/h2-7,19-20H,8H2,1H3,(H,18,21)/b17-7+. The monoisotopic (exact) mass is 286 g/mol. The van der Waals surface area contributed by atoms with Crippen molar-refractivity contribution < 1.29 is 15.0 Å². The van der Waals surface area contributed by atoms with Crippen LogP contribution in [0.15, 0.2) is 35.7 Å². The van der Waals surface area contributed by atoms with Gasteiger partial charge in [-0.1, -0.05) is 6.07 Å². The fourth-order valence-electron chi connectivity index (χ4n) is 1.63. The fraction of sp³-hybridized carbons (Fsp3) is 0.143. The summed E-state index contributed by atoms with van der Waals surface area (Å²) in [6.07, 6.45) is 4.20. The third kappa shape index (κ3) is 3.40. The minimum Gasteiger partial charge on any atom is -0.505 e. The van der Waals surface area contributed by atoms with Gasteiger partial charge in [-0.25, -0.2) is 5.43 Å². The van der Waals surface area contributed by atoms with Crippen molar-refractivity contribution in [3.8, 4) is 5.75 Å². The number of nitrogens with zero attached hydrogens (tertiary/aromatic N) is 3. The van der Waals surface area contributed by atoms with E-state index in [0.717, 1.165) is 0 Å². The number of hydrogen-bond donors (Lipinski definition) is 3. The quantitative estimate of drug-likeness (QED) is 0.567. The first-order valence-electron chi connectivity index (χ1n) is 6.16. The Kier molecular flexibility index (Phi) is 4.57. The van der Waals surface area contributed by atoms with Crippen LogP contribution in [0.2, 0.25) is 0 Å². The molecular formula is C14H14N4O3. The number of aliphatic hydroxyl groups is 1. The molecule has 0 aliphatic rings. The zero-order valence-corrected chi connectivity index (χ0v) is 11.3. The number of pyridine rings is 2. The lowest BCUT2D eigenvalue weighted by molar-refractivity contribution is 0.0950. The van der Waals surface area contributed by atoms with Gasteiger partial charge < -0.3 is 10.2 Å². The largest absolute Gasteiger partial charge is 0.505 e. The maximum atomic E-state index is 11.7. The van der Waals surface area contributed by atoms with Crippen molar-refractivity contribution in [2.75, 3.05) is 0 Å². The van der Waals surface area contributed by atoms with E-state index in [1.807, 2.05) is 0 Å². The average molecular weight is 286 g/mol. The topological polar surface area (TPSA) is 108 Å². The highest BCUT2D eigenvalue weighted by molar-refractivity contribution is 5.93. The lowest BCUT2D eigenvalue weighted by atomic mass is 10.1. The van der Waals surface area contributed by atoms with Gasteiger partial charge in [-0.3, -0.25) is 14.8 Å². The lowest BCUT2D eigenvalue weighted by Crippen LogP contribution is -2.18. The van der Waals surface area contributed by atoms with Crippen LogP contribution in [-0.2, 0) is 6.61 Å². The van der Waals surface area contributed by atoms with Gasteiger partial charge in [0.05, 0.1) is 18.5 Å². The number of aryl methyl sites for hydroxylation is 1. The van der Waals surface area contributed by atoms with Crippen LogP contribution in [0.3, 0.4) is 0 Å². The third-order valence-corrected chi connectivity index (χ3v) is 2.79. The van der Waals surface area contributed by atoms with Crippen LogP contribution >= 0.6 is 0 Å². The van der Waals surface area contributed by atoms with Crippen LogP contribution in [0.4, 0.5) is 0 Å². The van der Waals surface area contributed by atoms with Crippen molar-refractivity contribution in [1.82, 2.24) is 15.4 Å². The van der Waals surface area contributed by atoms with E-state index < -0.39 is 5.91 Å². The highest BCUT2D eigenvalue weighted by Gasteiger charge is 2.10. The Morgan fingerprint density at radius 3 is 2.90 bits per heavy atom. The molecule has 0 aliphatic carbocycles. The molecular weight excluding hydrogens is 272 g/mol. The second kappa shape index (κ2) is 6.58. The third-order valence-electron chi connectivity index (χ3n) is 2.79. The Labute approximate surface area is 121 Å². The second-order valence-corrected chi connectivity index (χ2v) is 4.20. The first-order chi connectivity index (χ1) is 10.1. The van der Waals surface area contributed by atoms with Gasteiger partial charge >= 0.3 is 0 Å². The highest BCUT2D eigenvalue weighted by atomic mass is 16.3. The Morgan fingerprint density at radius 2 is 2.24 bits per heavy atom. The zero-order valence-electron chi connectivity index (χ0n) is 11.3. The van der Waals surface area contributed by atoms with E-state index in [9.17, 15) is 15.0 Å². The maximum absolute atomic E-state index is 11.7. The Hall–Kier alpha value is -2.80. The number of carbonyl (C=O) groups excluding carboxylic acids is 1. The number of aliphatic hydroxyl groups excluding tert-OH is 1. The first-order valence-corrected chi connectivity index (χ1v) is 6.16. The number of rotatable bonds is 4. The summed E-state index contributed by atoms with van der Waals surface area (Å²) >= 11 is 0. The summed E-state index contributed by atoms with van der Waals surface area (Å²) < 4.78 is 0. The molecule has 1 amide bonds. The van der Waals surface area contributed by atoms with E-state index in [-0.39, 0.29) is 18.1 Å². The SMILES string of the molecule is Cc1ncc(CO)c(/C=N/NC(=O)c2ccccn2)c1O. The summed E-state index contributed by atoms with van der Waals surface area (Å²) in [4.78, 5) is 19.5. The van der Waals surface area contributed by atoms with Crippen LogP contribution in [0.5, 0.6) is 5.75 Å². The molecule has 0 fully saturated rings. The van der Waals surface area contributed by atoms with E-state index in [2.05, 4.69) is 20.5 Å². The molecule has 0 spiro atoms. The van der Waals surface area contributed by atoms with Gasteiger partial charge in [-0.05, 0) is 19.1 Å². The molecule has 0 unspecified atom stereocenters. The summed E-state index contributed by atoms with van der Waals surface area (Å²) in [5.41, 5.74) is 3.66. The van der Waals surface area contributed by atoms with Gasteiger partial charge in [0.2, 0.25) is 0 Å². The number of hydrogen-bond acceptors (Lipinski definition) is 6. The molecule has 0 aromatic carbocycles. The molecule has 0 radical (unpaired) electrons. The summed E-state index contributed by atoms with van der Waals surface area (Å²) in [5, 5.41) is 22.9. The minimum atomic E-state index is -0.470. The van der Waals surface area contributed by atoms with Crippen molar-refractivity contribution >= 4 is 12.1 Å². The number of aromatic nitrogens is 2. The van der Waals surface area contributed by atoms with E-state index >= 15 is 0 Å². The summed E-state index contributed by atoms with van der Waals surface area (Å²) in [7, 11) is 0. The van der Waals surface area contributed by atoms with Crippen molar-refractivity contribution in [2.45, 2.75) is 13.5 Å². The fourth-order valence-corrected chi connectivity index (χ4v) is 1.63. The van der Waals surface area contributed by atoms with Crippen molar-refractivity contribution in [3.63, 3.8) is 0 Å². The Morgan fingerprint density at radius 1 is 1.43 bits per heavy atom. The minimum absolute atomic E-state index is 0.0858. The van der Waals surface area contributed by atoms with Crippen molar-refractivity contribution in [2.24, 2.45) is 5.10 Å². The molecule has 108 valence electrons. The number of amides is 1. The number of carbonyl (C=O) groups is 1. The Bertz CT molecular complexity index is 671. The van der Waals surface area contributed by atoms with Crippen LogP contribution in [0.1, 0.15) is 27.3 Å². The molecule has 0 aliphatic heterocycles. The summed E-state index contributed by atoms with van der Waals surface area (Å²) in [5.74, 6) is -0.556. The molecule has 0 bridgehead atoms. The highest BCUT2D eigenvalue weighted by Crippen LogP contribution is 2.21. The van der Waals surface area contributed by atoms with Gasteiger partial charge in [0.1, 0.15) is 11.4 Å². The molecule has 2 rings (SSSR count). The molecule has 2 aromatic heterocycles. The molecule has 0 saturated carbocycles. The number of hydrazone groups is 1. The number of nitrogens with one attached hydrogen (secondary N) is 1. The maximum Gasteiger partial charge on any atom is 0.289 e. The molecule has 3 N–H and O–H groups in total. The Balaban J connectivity index is 2.15. The molecule has 2 heterocycles. The molecule has 0 saturated heterocycles. The normalized spacial score (nSPS) is 10.8. The number of aromatic hydroxyl groups is 1. The molecule has 0 atom stereocenters. The van der Waals surface area contributed by atoms with Crippen molar-refractivity contribution in [3.05, 3.63) is 53.1 Å². The van der Waals surface area contributed by atoms with E-state index in [0.29, 0.717) is 16.8 Å². The van der Waals surface area contributed by atoms with Gasteiger partial charge in [0.15, 0.2) is 0 Å². The molecule has 7 heteroatoms. The summed E-state index contributed by atoms with van der Waals surface area (Å²) in [6.45, 7) is 1.33. The first kappa shape index (κ1) is 14.6. The van der Waals surface area contributed by atoms with Crippen LogP contribution in [0.25, 0.3) is 0 Å². The van der Waals surface area contributed by atoms with Gasteiger partial charge in [0, 0.05) is 23.5 Å². The van der Waals surface area contributed by atoms with Gasteiger partial charge in [-0.15, -0.1) is 0 Å².